The molecule has 0 atom stereocenters. The number of hydrogen-bond acceptors (Lipinski definition) is 7. The monoisotopic (exact) mass is 498 g/mol. The molecule has 1 N–H and O–H groups in total. The van der Waals surface area contributed by atoms with Gasteiger partial charge in [0.1, 0.15) is 24.0 Å². The van der Waals surface area contributed by atoms with Crippen molar-refractivity contribution in [2.45, 2.75) is 13.8 Å². The zero-order valence-corrected chi connectivity index (χ0v) is 20.4. The van der Waals surface area contributed by atoms with Gasteiger partial charge in [0.15, 0.2) is 17.3 Å². The minimum Gasteiger partial charge on any atom is -0.493 e. The third-order valence-corrected chi connectivity index (χ3v) is 6.36. The topological polar surface area (TPSA) is 96.6 Å². The number of hydrazone groups is 1. The van der Waals surface area contributed by atoms with E-state index in [0.717, 1.165) is 10.8 Å². The van der Waals surface area contributed by atoms with E-state index in [-0.39, 0.29) is 23.9 Å². The Bertz CT molecular complexity index is 1210. The van der Waals surface area contributed by atoms with Crippen molar-refractivity contribution in [3.63, 3.8) is 0 Å². The highest BCUT2D eigenvalue weighted by atomic mass is 35.5. The molecule has 0 spiro atoms. The first kappa shape index (κ1) is 23.8. The standard InChI is InChI=1S/C24H23ClN4O4S/c1-14(2)23-28-29-21(26)17(22(30)27-24(29)34-23)11-15-12-18(25)20(19(13-15)31-3)33-10-9-32-16-7-5-4-6-8-16/h4-8,11-14,26H,9-10H2,1-3H3/b17-11-,26-21?. The first-order valence-electron chi connectivity index (χ1n) is 10.6. The van der Waals surface area contributed by atoms with E-state index in [1.54, 1.807) is 18.2 Å². The molecule has 0 unspecified atom stereocenters. The molecule has 2 aliphatic heterocycles. The molecule has 176 valence electrons. The summed E-state index contributed by atoms with van der Waals surface area (Å²) in [6.07, 6.45) is 1.55. The number of nitrogens with zero attached hydrogens (tertiary/aromatic N) is 3. The SMILES string of the molecule is COc1cc(/C=C2/C(=N)N3N=C(C(C)C)SC3=NC2=O)cc(Cl)c1OCCOc1ccccc1. The highest BCUT2D eigenvalue weighted by molar-refractivity contribution is 8.27. The Hall–Kier alpha value is -3.30. The van der Waals surface area contributed by atoms with Crippen molar-refractivity contribution in [2.24, 2.45) is 16.0 Å². The van der Waals surface area contributed by atoms with Gasteiger partial charge in [-0.05, 0) is 47.7 Å². The zero-order valence-electron chi connectivity index (χ0n) is 18.9. The molecule has 1 amide bonds. The largest absolute Gasteiger partial charge is 0.493 e. The second-order valence-corrected chi connectivity index (χ2v) is 9.05. The van der Waals surface area contributed by atoms with Crippen molar-refractivity contribution in [2.75, 3.05) is 20.3 Å². The van der Waals surface area contributed by atoms with Gasteiger partial charge in [-0.3, -0.25) is 10.2 Å². The minimum absolute atomic E-state index is 0.0355. The number of benzene rings is 2. The molecule has 2 aliphatic rings. The number of aliphatic imine (C=N–C) groups is 1. The summed E-state index contributed by atoms with van der Waals surface area (Å²) in [6, 6.07) is 12.8. The van der Waals surface area contributed by atoms with Crippen LogP contribution >= 0.6 is 23.4 Å². The van der Waals surface area contributed by atoms with Gasteiger partial charge in [0, 0.05) is 5.92 Å². The molecule has 0 fully saturated rings. The molecule has 2 aromatic carbocycles. The van der Waals surface area contributed by atoms with Gasteiger partial charge < -0.3 is 14.2 Å². The van der Waals surface area contributed by atoms with Gasteiger partial charge in [-0.25, -0.2) is 0 Å². The summed E-state index contributed by atoms with van der Waals surface area (Å²) >= 11 is 7.77. The molecule has 0 aromatic heterocycles. The highest BCUT2D eigenvalue weighted by Gasteiger charge is 2.36. The quantitative estimate of drug-likeness (QED) is 0.402. The molecule has 0 radical (unpaired) electrons. The number of ether oxygens (including phenoxy) is 3. The third kappa shape index (κ3) is 5.10. The molecular formula is C24H23ClN4O4S. The Morgan fingerprint density at radius 2 is 1.91 bits per heavy atom. The Balaban J connectivity index is 1.51. The van der Waals surface area contributed by atoms with Crippen molar-refractivity contribution in [1.82, 2.24) is 5.01 Å². The molecular weight excluding hydrogens is 476 g/mol. The number of fused-ring (bicyclic) bond motifs is 1. The Labute approximate surface area is 206 Å². The third-order valence-electron chi connectivity index (χ3n) is 4.87. The Kier molecular flexibility index (Phi) is 7.23. The van der Waals surface area contributed by atoms with Crippen LogP contribution in [0.5, 0.6) is 17.2 Å². The second-order valence-electron chi connectivity index (χ2n) is 7.66. The van der Waals surface area contributed by atoms with Crippen LogP contribution in [-0.2, 0) is 4.79 Å². The summed E-state index contributed by atoms with van der Waals surface area (Å²) in [4.78, 5) is 16.7. The van der Waals surface area contributed by atoms with Crippen molar-refractivity contribution in [3.8, 4) is 17.2 Å². The van der Waals surface area contributed by atoms with E-state index < -0.39 is 5.91 Å². The molecule has 4 rings (SSSR count). The summed E-state index contributed by atoms with van der Waals surface area (Å²) in [6.45, 7) is 4.58. The van der Waals surface area contributed by atoms with Crippen LogP contribution in [-0.4, -0.2) is 47.3 Å². The first-order chi connectivity index (χ1) is 16.4. The van der Waals surface area contributed by atoms with Crippen molar-refractivity contribution < 1.29 is 19.0 Å². The van der Waals surface area contributed by atoms with Crippen LogP contribution in [0.3, 0.4) is 0 Å². The zero-order chi connectivity index (χ0) is 24.2. The number of amides is 1. The van der Waals surface area contributed by atoms with Crippen LogP contribution in [0.25, 0.3) is 6.08 Å². The summed E-state index contributed by atoms with van der Waals surface area (Å²) < 4.78 is 16.9. The van der Waals surface area contributed by atoms with Crippen LogP contribution in [0, 0.1) is 11.3 Å². The molecule has 0 saturated carbocycles. The van der Waals surface area contributed by atoms with Gasteiger partial charge in [0.25, 0.3) is 5.91 Å². The van der Waals surface area contributed by atoms with Gasteiger partial charge in [0.05, 0.1) is 17.7 Å². The van der Waals surface area contributed by atoms with Gasteiger partial charge >= 0.3 is 0 Å². The van der Waals surface area contributed by atoms with E-state index in [1.807, 2.05) is 44.2 Å². The number of hydrogen-bond donors (Lipinski definition) is 1. The number of halogens is 1. The number of para-hydroxylation sites is 1. The predicted octanol–water partition coefficient (Wildman–Crippen LogP) is 5.08. The molecule has 2 aromatic rings. The molecule has 8 nitrogen and oxygen atoms in total. The van der Waals surface area contributed by atoms with Gasteiger partial charge in [-0.15, -0.1) is 0 Å². The molecule has 34 heavy (non-hydrogen) atoms. The van der Waals surface area contributed by atoms with Gasteiger partial charge in [0.2, 0.25) is 5.17 Å². The van der Waals surface area contributed by atoms with Crippen LogP contribution < -0.4 is 14.2 Å². The summed E-state index contributed by atoms with van der Waals surface area (Å²) in [5.41, 5.74) is 0.683. The van der Waals surface area contributed by atoms with Crippen molar-refractivity contribution in [3.05, 3.63) is 58.6 Å². The first-order valence-corrected chi connectivity index (χ1v) is 11.7. The predicted molar refractivity (Wildman–Crippen MR) is 135 cm³/mol. The number of carbonyl (C=O) groups excluding carboxylic acids is 1. The molecule has 10 heteroatoms. The fourth-order valence-electron chi connectivity index (χ4n) is 3.19. The summed E-state index contributed by atoms with van der Waals surface area (Å²) in [7, 11) is 1.50. The van der Waals surface area contributed by atoms with Crippen LogP contribution in [0.1, 0.15) is 19.4 Å². The molecule has 0 saturated heterocycles. The van der Waals surface area contributed by atoms with Crippen molar-refractivity contribution >= 4 is 51.4 Å². The number of carbonyl (C=O) groups is 1. The maximum absolute atomic E-state index is 12.6. The lowest BCUT2D eigenvalue weighted by Gasteiger charge is -2.20. The summed E-state index contributed by atoms with van der Waals surface area (Å²) in [5, 5.41) is 15.8. The molecule has 0 bridgehead atoms. The number of methoxy groups -OCH3 is 1. The van der Waals surface area contributed by atoms with Crippen LogP contribution in [0.4, 0.5) is 0 Å². The lowest BCUT2D eigenvalue weighted by atomic mass is 10.1. The van der Waals surface area contributed by atoms with Gasteiger partial charge in [-0.2, -0.15) is 15.1 Å². The number of amidine groups is 2. The van der Waals surface area contributed by atoms with E-state index in [0.29, 0.717) is 33.9 Å². The normalized spacial score (nSPS) is 16.5. The summed E-state index contributed by atoms with van der Waals surface area (Å²) in [5.74, 6) is 1.15. The van der Waals surface area contributed by atoms with Crippen LogP contribution in [0.2, 0.25) is 5.02 Å². The molecule has 0 aliphatic carbocycles. The van der Waals surface area contributed by atoms with E-state index in [4.69, 9.17) is 31.2 Å². The van der Waals surface area contributed by atoms with E-state index >= 15 is 0 Å². The van der Waals surface area contributed by atoms with Gasteiger partial charge in [-0.1, -0.05) is 43.6 Å². The average Bonchev–Trinajstić information content (AvgIpc) is 3.25. The van der Waals surface area contributed by atoms with E-state index in [1.165, 1.54) is 23.9 Å². The second kappa shape index (κ2) is 10.3. The Morgan fingerprint density at radius 1 is 1.18 bits per heavy atom. The maximum Gasteiger partial charge on any atom is 0.283 e. The minimum atomic E-state index is -0.502. The maximum atomic E-state index is 12.6. The average molecular weight is 499 g/mol. The van der Waals surface area contributed by atoms with E-state index in [2.05, 4.69) is 10.1 Å². The van der Waals surface area contributed by atoms with Crippen molar-refractivity contribution in [1.29, 1.82) is 5.41 Å². The highest BCUT2D eigenvalue weighted by Crippen LogP contribution is 2.38. The fraction of sp³-hybridized carbons (Fsp3) is 0.250. The number of thioether (sulfide) groups is 1. The molecule has 2 heterocycles. The lowest BCUT2D eigenvalue weighted by Crippen LogP contribution is -2.35. The van der Waals surface area contributed by atoms with Crippen LogP contribution in [0.15, 0.2) is 58.1 Å². The number of nitrogens with one attached hydrogen (secondary N) is 1. The lowest BCUT2D eigenvalue weighted by molar-refractivity contribution is -0.114. The Morgan fingerprint density at radius 3 is 2.62 bits per heavy atom. The van der Waals surface area contributed by atoms with E-state index in [9.17, 15) is 4.79 Å². The number of rotatable bonds is 8. The fourth-order valence-corrected chi connectivity index (χ4v) is 4.36. The smallest absolute Gasteiger partial charge is 0.283 e.